The Morgan fingerprint density at radius 1 is 1.26 bits per heavy atom. The van der Waals surface area contributed by atoms with Gasteiger partial charge < -0.3 is 19.8 Å². The molecule has 0 unspecified atom stereocenters. The van der Waals surface area contributed by atoms with Gasteiger partial charge in [0, 0.05) is 25.4 Å². The minimum Gasteiger partial charge on any atom is -0.454 e. The molecule has 1 aliphatic rings. The van der Waals surface area contributed by atoms with Crippen LogP contribution in [0.3, 0.4) is 0 Å². The molecule has 1 aromatic heterocycles. The molecular formula is C14H17N3O2. The fourth-order valence-electron chi connectivity index (χ4n) is 2.10. The van der Waals surface area contributed by atoms with Crippen LogP contribution >= 0.6 is 0 Å². The van der Waals surface area contributed by atoms with Gasteiger partial charge in [-0.15, -0.1) is 0 Å². The van der Waals surface area contributed by atoms with Gasteiger partial charge in [-0.3, -0.25) is 0 Å². The monoisotopic (exact) mass is 259 g/mol. The molecule has 5 nitrogen and oxygen atoms in total. The lowest BCUT2D eigenvalue weighted by Crippen LogP contribution is -2.15. The van der Waals surface area contributed by atoms with E-state index in [1.807, 2.05) is 18.3 Å². The van der Waals surface area contributed by atoms with Crippen LogP contribution in [0.25, 0.3) is 0 Å². The van der Waals surface area contributed by atoms with Gasteiger partial charge in [0.2, 0.25) is 6.79 Å². The highest BCUT2D eigenvalue weighted by molar-refractivity contribution is 5.44. The molecule has 2 aromatic rings. The number of imidazole rings is 1. The third-order valence-electron chi connectivity index (χ3n) is 3.09. The van der Waals surface area contributed by atoms with E-state index in [-0.39, 0.29) is 0 Å². The summed E-state index contributed by atoms with van der Waals surface area (Å²) in [5, 5.41) is 3.42. The fourth-order valence-corrected chi connectivity index (χ4v) is 2.10. The van der Waals surface area contributed by atoms with Crippen molar-refractivity contribution in [3.63, 3.8) is 0 Å². The van der Waals surface area contributed by atoms with Crippen molar-refractivity contribution in [3.8, 4) is 11.5 Å². The van der Waals surface area contributed by atoms with Gasteiger partial charge in [0.25, 0.3) is 0 Å². The number of aryl methyl sites for hydroxylation is 1. The van der Waals surface area contributed by atoms with Crippen LogP contribution in [0.15, 0.2) is 30.6 Å². The minimum atomic E-state index is 0.329. The van der Waals surface area contributed by atoms with Gasteiger partial charge >= 0.3 is 0 Å². The van der Waals surface area contributed by atoms with Crippen LogP contribution in [0, 0.1) is 0 Å². The van der Waals surface area contributed by atoms with Crippen LogP contribution in [0.1, 0.15) is 17.8 Å². The number of rotatable bonds is 6. The van der Waals surface area contributed by atoms with Crippen molar-refractivity contribution in [3.05, 3.63) is 42.0 Å². The van der Waals surface area contributed by atoms with E-state index in [1.165, 1.54) is 5.56 Å². The number of H-pyrrole nitrogens is 1. The SMILES string of the molecule is c1c[nH]c(CCCNCc2ccc3c(c2)OCO3)n1. The number of hydrogen-bond acceptors (Lipinski definition) is 4. The fraction of sp³-hybridized carbons (Fsp3) is 0.357. The maximum atomic E-state index is 5.35. The molecule has 2 heterocycles. The number of benzene rings is 1. The molecule has 0 fully saturated rings. The number of hydrogen-bond donors (Lipinski definition) is 2. The third-order valence-corrected chi connectivity index (χ3v) is 3.09. The van der Waals surface area contributed by atoms with E-state index in [9.17, 15) is 0 Å². The van der Waals surface area contributed by atoms with Crippen molar-refractivity contribution < 1.29 is 9.47 Å². The molecule has 1 aliphatic heterocycles. The van der Waals surface area contributed by atoms with Gasteiger partial charge in [0.15, 0.2) is 11.5 Å². The third kappa shape index (κ3) is 3.06. The van der Waals surface area contributed by atoms with Gasteiger partial charge in [-0.2, -0.15) is 0 Å². The van der Waals surface area contributed by atoms with Crippen molar-refractivity contribution in [2.45, 2.75) is 19.4 Å². The first-order valence-electron chi connectivity index (χ1n) is 6.49. The molecule has 3 rings (SSSR count). The zero-order valence-electron chi connectivity index (χ0n) is 10.7. The first-order chi connectivity index (χ1) is 9.42. The molecule has 0 radical (unpaired) electrons. The lowest BCUT2D eigenvalue weighted by atomic mass is 10.2. The number of fused-ring (bicyclic) bond motifs is 1. The molecule has 0 amide bonds. The average Bonchev–Trinajstić information content (AvgIpc) is 3.08. The minimum absolute atomic E-state index is 0.329. The van der Waals surface area contributed by atoms with Gasteiger partial charge in [-0.25, -0.2) is 4.98 Å². The van der Waals surface area contributed by atoms with Gasteiger partial charge in [0.05, 0.1) is 0 Å². The Bertz CT molecular complexity index is 525. The topological polar surface area (TPSA) is 59.2 Å². The summed E-state index contributed by atoms with van der Waals surface area (Å²) in [6.07, 6.45) is 5.68. The molecule has 5 heteroatoms. The number of aromatic nitrogens is 2. The van der Waals surface area contributed by atoms with Gasteiger partial charge in [0.1, 0.15) is 5.82 Å². The van der Waals surface area contributed by atoms with Gasteiger partial charge in [-0.1, -0.05) is 6.07 Å². The Morgan fingerprint density at radius 2 is 2.21 bits per heavy atom. The Hall–Kier alpha value is -2.01. The summed E-state index contributed by atoms with van der Waals surface area (Å²) < 4.78 is 10.6. The second-order valence-electron chi connectivity index (χ2n) is 4.50. The molecule has 19 heavy (non-hydrogen) atoms. The molecule has 0 saturated carbocycles. The Labute approximate surface area is 112 Å². The van der Waals surface area contributed by atoms with Crippen molar-refractivity contribution in [1.29, 1.82) is 0 Å². The summed E-state index contributed by atoms with van der Waals surface area (Å²) in [5.41, 5.74) is 1.21. The van der Waals surface area contributed by atoms with E-state index < -0.39 is 0 Å². The molecule has 2 N–H and O–H groups in total. The summed E-state index contributed by atoms with van der Waals surface area (Å²) in [5.74, 6) is 2.72. The Balaban J connectivity index is 1.40. The van der Waals surface area contributed by atoms with Crippen LogP contribution in [0.5, 0.6) is 11.5 Å². The Kier molecular flexibility index (Phi) is 3.65. The van der Waals surface area contributed by atoms with Crippen molar-refractivity contribution >= 4 is 0 Å². The maximum absolute atomic E-state index is 5.35. The predicted octanol–water partition coefficient (Wildman–Crippen LogP) is 1.86. The first-order valence-corrected chi connectivity index (χ1v) is 6.49. The highest BCUT2D eigenvalue weighted by atomic mass is 16.7. The van der Waals surface area contributed by atoms with Crippen molar-refractivity contribution in [2.24, 2.45) is 0 Å². The van der Waals surface area contributed by atoms with Crippen molar-refractivity contribution in [2.75, 3.05) is 13.3 Å². The normalized spacial score (nSPS) is 12.8. The molecular weight excluding hydrogens is 242 g/mol. The molecule has 0 atom stereocenters. The highest BCUT2D eigenvalue weighted by Crippen LogP contribution is 2.32. The number of ether oxygens (including phenoxy) is 2. The number of aromatic amines is 1. The van der Waals surface area contributed by atoms with Crippen LogP contribution < -0.4 is 14.8 Å². The summed E-state index contributed by atoms with van der Waals surface area (Å²) in [7, 11) is 0. The molecule has 100 valence electrons. The van der Waals surface area contributed by atoms with Crippen LogP contribution in [0.2, 0.25) is 0 Å². The zero-order chi connectivity index (χ0) is 12.9. The highest BCUT2D eigenvalue weighted by Gasteiger charge is 2.12. The quantitative estimate of drug-likeness (QED) is 0.777. The lowest BCUT2D eigenvalue weighted by molar-refractivity contribution is 0.174. The predicted molar refractivity (Wildman–Crippen MR) is 71.2 cm³/mol. The van der Waals surface area contributed by atoms with Crippen molar-refractivity contribution in [1.82, 2.24) is 15.3 Å². The zero-order valence-corrected chi connectivity index (χ0v) is 10.7. The van der Waals surface area contributed by atoms with E-state index in [0.29, 0.717) is 6.79 Å². The summed E-state index contributed by atoms with van der Waals surface area (Å²) in [6.45, 7) is 2.14. The summed E-state index contributed by atoms with van der Waals surface area (Å²) >= 11 is 0. The number of nitrogens with one attached hydrogen (secondary N) is 2. The van der Waals surface area contributed by atoms with E-state index >= 15 is 0 Å². The molecule has 0 bridgehead atoms. The van der Waals surface area contributed by atoms with Gasteiger partial charge in [-0.05, 0) is 30.7 Å². The largest absolute Gasteiger partial charge is 0.454 e. The Morgan fingerprint density at radius 3 is 3.11 bits per heavy atom. The summed E-state index contributed by atoms with van der Waals surface area (Å²) in [6, 6.07) is 6.05. The maximum Gasteiger partial charge on any atom is 0.231 e. The molecule has 0 aliphatic carbocycles. The smallest absolute Gasteiger partial charge is 0.231 e. The second-order valence-corrected chi connectivity index (χ2v) is 4.50. The average molecular weight is 259 g/mol. The molecule has 0 saturated heterocycles. The summed E-state index contributed by atoms with van der Waals surface area (Å²) in [4.78, 5) is 7.30. The standard InChI is InChI=1S/C14H17N3O2/c1(2-14-16-6-7-17-14)5-15-9-11-3-4-12-13(8-11)19-10-18-12/h3-4,6-8,15H,1-2,5,9-10H2,(H,16,17). The van der Waals surface area contributed by atoms with Crippen LogP contribution in [-0.2, 0) is 13.0 Å². The van der Waals surface area contributed by atoms with Crippen LogP contribution in [-0.4, -0.2) is 23.3 Å². The second kappa shape index (κ2) is 5.75. The number of nitrogens with zero attached hydrogens (tertiary/aromatic N) is 1. The lowest BCUT2D eigenvalue weighted by Gasteiger charge is -2.05. The van der Waals surface area contributed by atoms with E-state index in [4.69, 9.17) is 9.47 Å². The first kappa shape index (κ1) is 12.0. The molecule has 1 aromatic carbocycles. The van der Waals surface area contributed by atoms with Crippen LogP contribution in [0.4, 0.5) is 0 Å². The van der Waals surface area contributed by atoms with E-state index in [2.05, 4.69) is 21.4 Å². The molecule has 0 spiro atoms. The van der Waals surface area contributed by atoms with E-state index in [1.54, 1.807) is 6.20 Å². The van der Waals surface area contributed by atoms with E-state index in [0.717, 1.165) is 43.3 Å².